The number of benzene rings is 1. The van der Waals surface area contributed by atoms with Gasteiger partial charge in [0.1, 0.15) is 5.75 Å². The first kappa shape index (κ1) is 14.1. The predicted octanol–water partition coefficient (Wildman–Crippen LogP) is 4.02. The third-order valence-electron chi connectivity index (χ3n) is 3.39. The van der Waals surface area contributed by atoms with Gasteiger partial charge in [-0.05, 0) is 62.4 Å². The second-order valence-corrected chi connectivity index (χ2v) is 5.28. The molecule has 1 aromatic carbocycles. The van der Waals surface area contributed by atoms with Crippen molar-refractivity contribution in [3.8, 4) is 5.75 Å². The van der Waals surface area contributed by atoms with Crippen LogP contribution in [0.2, 0.25) is 0 Å². The minimum atomic E-state index is 0.793. The van der Waals surface area contributed by atoms with E-state index in [0.717, 1.165) is 37.8 Å². The van der Waals surface area contributed by atoms with Crippen LogP contribution in [0.5, 0.6) is 5.75 Å². The molecule has 0 heterocycles. The van der Waals surface area contributed by atoms with Crippen molar-refractivity contribution in [3.05, 3.63) is 35.9 Å². The van der Waals surface area contributed by atoms with E-state index in [0.29, 0.717) is 0 Å². The molecule has 1 fully saturated rings. The highest BCUT2D eigenvalue weighted by molar-refractivity contribution is 5.64. The molecule has 1 saturated carbocycles. The zero-order valence-electron chi connectivity index (χ0n) is 12.1. The van der Waals surface area contributed by atoms with Crippen LogP contribution in [0.25, 0.3) is 5.57 Å². The fourth-order valence-electron chi connectivity index (χ4n) is 2.02. The first-order valence-electron chi connectivity index (χ1n) is 7.43. The molecule has 2 heteroatoms. The monoisotopic (exact) mass is 259 g/mol. The maximum atomic E-state index is 5.59. The third-order valence-corrected chi connectivity index (χ3v) is 3.39. The van der Waals surface area contributed by atoms with E-state index in [2.05, 4.69) is 49.5 Å². The molecule has 0 amide bonds. The van der Waals surface area contributed by atoms with Crippen LogP contribution in [-0.4, -0.2) is 19.2 Å². The number of allylic oxidation sites excluding steroid dienone is 1. The van der Waals surface area contributed by atoms with Gasteiger partial charge in [0, 0.05) is 6.04 Å². The van der Waals surface area contributed by atoms with E-state index >= 15 is 0 Å². The van der Waals surface area contributed by atoms with Crippen molar-refractivity contribution in [2.75, 3.05) is 13.2 Å². The Kier molecular flexibility index (Phi) is 5.46. The Labute approximate surface area is 116 Å². The minimum absolute atomic E-state index is 0.793. The zero-order chi connectivity index (χ0) is 13.5. The normalized spacial score (nSPS) is 15.6. The van der Waals surface area contributed by atoms with Crippen molar-refractivity contribution < 1.29 is 4.74 Å². The Hall–Kier alpha value is -1.28. The Bertz CT molecular complexity index is 404. The number of hydrogen-bond acceptors (Lipinski definition) is 2. The molecule has 0 saturated heterocycles. The van der Waals surface area contributed by atoms with Gasteiger partial charge < -0.3 is 10.1 Å². The second kappa shape index (κ2) is 7.34. The highest BCUT2D eigenvalue weighted by Crippen LogP contribution is 2.20. The number of ether oxygens (including phenoxy) is 1. The molecule has 0 bridgehead atoms. The van der Waals surface area contributed by atoms with Gasteiger partial charge in [-0.25, -0.2) is 0 Å². The van der Waals surface area contributed by atoms with Crippen LogP contribution >= 0.6 is 0 Å². The molecular formula is C17H25NO. The van der Waals surface area contributed by atoms with Gasteiger partial charge in [-0.15, -0.1) is 0 Å². The lowest BCUT2D eigenvalue weighted by molar-refractivity contribution is 0.317. The Morgan fingerprint density at radius 1 is 1.32 bits per heavy atom. The van der Waals surface area contributed by atoms with Crippen LogP contribution in [0.3, 0.4) is 0 Å². The summed E-state index contributed by atoms with van der Waals surface area (Å²) in [7, 11) is 0. The molecule has 0 unspecified atom stereocenters. The molecule has 1 aliphatic rings. The largest absolute Gasteiger partial charge is 0.494 e. The maximum absolute atomic E-state index is 5.59. The van der Waals surface area contributed by atoms with Crippen LogP contribution < -0.4 is 10.1 Å². The molecule has 1 aliphatic carbocycles. The molecule has 1 N–H and O–H groups in total. The molecule has 2 nitrogen and oxygen atoms in total. The van der Waals surface area contributed by atoms with Gasteiger partial charge in [0.05, 0.1) is 6.61 Å². The fraction of sp³-hybridized carbons (Fsp3) is 0.529. The van der Waals surface area contributed by atoms with Gasteiger partial charge in [0.25, 0.3) is 0 Å². The van der Waals surface area contributed by atoms with Gasteiger partial charge >= 0.3 is 0 Å². The van der Waals surface area contributed by atoms with Crippen LogP contribution in [-0.2, 0) is 0 Å². The van der Waals surface area contributed by atoms with Crippen molar-refractivity contribution in [3.63, 3.8) is 0 Å². The SMILES string of the molecule is CCCOc1ccc(C(C)=CCCNC2CC2)cc1. The molecule has 1 aromatic rings. The molecule has 0 aromatic heterocycles. The van der Waals surface area contributed by atoms with Crippen LogP contribution in [0, 0.1) is 0 Å². The quantitative estimate of drug-likeness (QED) is 0.712. The molecule has 104 valence electrons. The lowest BCUT2D eigenvalue weighted by atomic mass is 10.1. The highest BCUT2D eigenvalue weighted by atomic mass is 16.5. The Morgan fingerprint density at radius 2 is 2.05 bits per heavy atom. The predicted molar refractivity (Wildman–Crippen MR) is 81.5 cm³/mol. The van der Waals surface area contributed by atoms with E-state index in [1.165, 1.54) is 24.0 Å². The molecule has 0 atom stereocenters. The summed E-state index contributed by atoms with van der Waals surface area (Å²) in [6, 6.07) is 9.22. The topological polar surface area (TPSA) is 21.3 Å². The summed E-state index contributed by atoms with van der Waals surface area (Å²) in [5, 5.41) is 3.53. The van der Waals surface area contributed by atoms with E-state index in [9.17, 15) is 0 Å². The highest BCUT2D eigenvalue weighted by Gasteiger charge is 2.19. The summed E-state index contributed by atoms with van der Waals surface area (Å²) in [5.41, 5.74) is 2.63. The second-order valence-electron chi connectivity index (χ2n) is 5.28. The zero-order valence-corrected chi connectivity index (χ0v) is 12.1. The Balaban J connectivity index is 1.79. The summed E-state index contributed by atoms with van der Waals surface area (Å²) in [5.74, 6) is 0.966. The summed E-state index contributed by atoms with van der Waals surface area (Å²) < 4.78 is 5.59. The third kappa shape index (κ3) is 5.07. The summed E-state index contributed by atoms with van der Waals surface area (Å²) >= 11 is 0. The molecule has 0 spiro atoms. The van der Waals surface area contributed by atoms with Crippen LogP contribution in [0.15, 0.2) is 30.3 Å². The van der Waals surface area contributed by atoms with Crippen molar-refractivity contribution >= 4 is 5.57 Å². The van der Waals surface area contributed by atoms with Gasteiger partial charge in [0.2, 0.25) is 0 Å². The van der Waals surface area contributed by atoms with Crippen LogP contribution in [0.4, 0.5) is 0 Å². The number of hydrogen-bond donors (Lipinski definition) is 1. The summed E-state index contributed by atoms with van der Waals surface area (Å²) in [6.07, 6.45) is 7.20. The van der Waals surface area contributed by atoms with Gasteiger partial charge in [0.15, 0.2) is 0 Å². The van der Waals surface area contributed by atoms with Gasteiger partial charge in [-0.2, -0.15) is 0 Å². The lowest BCUT2D eigenvalue weighted by Gasteiger charge is -2.06. The number of rotatable bonds is 8. The molecule has 2 rings (SSSR count). The number of nitrogens with one attached hydrogen (secondary N) is 1. The van der Waals surface area contributed by atoms with E-state index < -0.39 is 0 Å². The molecule has 0 aliphatic heterocycles. The minimum Gasteiger partial charge on any atom is -0.494 e. The fourth-order valence-corrected chi connectivity index (χ4v) is 2.02. The van der Waals surface area contributed by atoms with Crippen LogP contribution in [0.1, 0.15) is 45.1 Å². The first-order chi connectivity index (χ1) is 9.29. The van der Waals surface area contributed by atoms with E-state index in [4.69, 9.17) is 4.74 Å². The molecule has 19 heavy (non-hydrogen) atoms. The van der Waals surface area contributed by atoms with E-state index in [1.807, 2.05) is 0 Å². The van der Waals surface area contributed by atoms with Gasteiger partial charge in [-0.3, -0.25) is 0 Å². The smallest absolute Gasteiger partial charge is 0.119 e. The maximum Gasteiger partial charge on any atom is 0.119 e. The van der Waals surface area contributed by atoms with Crippen molar-refractivity contribution in [1.29, 1.82) is 0 Å². The lowest BCUT2D eigenvalue weighted by Crippen LogP contribution is -2.16. The molecular weight excluding hydrogens is 234 g/mol. The summed E-state index contributed by atoms with van der Waals surface area (Å²) in [6.45, 7) is 6.19. The van der Waals surface area contributed by atoms with Crippen molar-refractivity contribution in [2.24, 2.45) is 0 Å². The van der Waals surface area contributed by atoms with Crippen molar-refractivity contribution in [1.82, 2.24) is 5.32 Å². The van der Waals surface area contributed by atoms with E-state index in [-0.39, 0.29) is 0 Å². The average molecular weight is 259 g/mol. The standard InChI is InChI=1S/C17H25NO/c1-3-13-19-17-10-6-15(7-11-17)14(2)5-4-12-18-16-8-9-16/h5-7,10-11,16,18H,3-4,8-9,12-13H2,1-2H3. The molecule has 0 radical (unpaired) electrons. The first-order valence-corrected chi connectivity index (χ1v) is 7.43. The van der Waals surface area contributed by atoms with Crippen molar-refractivity contribution in [2.45, 2.75) is 45.6 Å². The van der Waals surface area contributed by atoms with Gasteiger partial charge in [-0.1, -0.05) is 25.1 Å². The summed E-state index contributed by atoms with van der Waals surface area (Å²) in [4.78, 5) is 0. The average Bonchev–Trinajstić information content (AvgIpc) is 3.26. The Morgan fingerprint density at radius 3 is 2.68 bits per heavy atom. The van der Waals surface area contributed by atoms with E-state index in [1.54, 1.807) is 0 Å².